The molecule has 0 saturated carbocycles. The maximum atomic E-state index is 12.2. The van der Waals surface area contributed by atoms with Gasteiger partial charge in [-0.3, -0.25) is 5.43 Å². The average Bonchev–Trinajstić information content (AvgIpc) is 3.20. The van der Waals surface area contributed by atoms with Crippen molar-refractivity contribution in [1.82, 2.24) is 4.98 Å². The van der Waals surface area contributed by atoms with Gasteiger partial charge >= 0.3 is 5.97 Å². The number of thiazole rings is 1. The van der Waals surface area contributed by atoms with E-state index in [1.807, 2.05) is 62.4 Å². The van der Waals surface area contributed by atoms with E-state index in [4.69, 9.17) is 14.2 Å². The van der Waals surface area contributed by atoms with Crippen molar-refractivity contribution in [2.75, 3.05) is 25.7 Å². The number of hydrogen-bond acceptors (Lipinski definition) is 8. The number of carbonyl (C=O) groups is 1. The van der Waals surface area contributed by atoms with Crippen LogP contribution in [0.2, 0.25) is 0 Å². The molecule has 0 unspecified atom stereocenters. The molecule has 8 heteroatoms. The SMILES string of the molecule is CCOc1ccc(/C=N\Nc2nc(-c3ccccc3)c(C(=O)OC)s2)cc1OCC. The van der Waals surface area contributed by atoms with Gasteiger partial charge in [0.2, 0.25) is 5.13 Å². The van der Waals surface area contributed by atoms with Gasteiger partial charge in [-0.05, 0) is 37.6 Å². The van der Waals surface area contributed by atoms with Gasteiger partial charge in [-0.25, -0.2) is 9.78 Å². The van der Waals surface area contributed by atoms with Crippen LogP contribution in [0.3, 0.4) is 0 Å². The Kier molecular flexibility index (Phi) is 7.40. The minimum absolute atomic E-state index is 0.418. The molecule has 0 spiro atoms. The highest BCUT2D eigenvalue weighted by Gasteiger charge is 2.19. The van der Waals surface area contributed by atoms with E-state index in [1.165, 1.54) is 18.4 Å². The lowest BCUT2D eigenvalue weighted by atomic mass is 10.1. The molecule has 1 heterocycles. The summed E-state index contributed by atoms with van der Waals surface area (Å²) in [5.41, 5.74) is 5.12. The largest absolute Gasteiger partial charge is 0.490 e. The van der Waals surface area contributed by atoms with E-state index < -0.39 is 5.97 Å². The summed E-state index contributed by atoms with van der Waals surface area (Å²) in [6.07, 6.45) is 1.65. The molecular weight excluding hydrogens is 402 g/mol. The number of aromatic nitrogens is 1. The normalized spacial score (nSPS) is 10.8. The van der Waals surface area contributed by atoms with Gasteiger partial charge in [0.15, 0.2) is 11.5 Å². The first kappa shape index (κ1) is 21.3. The fourth-order valence-electron chi connectivity index (χ4n) is 2.70. The number of esters is 1. The monoisotopic (exact) mass is 425 g/mol. The van der Waals surface area contributed by atoms with Crippen LogP contribution >= 0.6 is 11.3 Å². The second-order valence-corrected chi connectivity index (χ2v) is 7.00. The van der Waals surface area contributed by atoms with Gasteiger partial charge in [0.05, 0.1) is 32.2 Å². The van der Waals surface area contributed by atoms with Gasteiger partial charge in [-0.2, -0.15) is 5.10 Å². The third-order valence-corrected chi connectivity index (χ3v) is 4.93. The first-order chi connectivity index (χ1) is 14.7. The van der Waals surface area contributed by atoms with Crippen LogP contribution < -0.4 is 14.9 Å². The second-order valence-electron chi connectivity index (χ2n) is 6.00. The van der Waals surface area contributed by atoms with E-state index in [-0.39, 0.29) is 0 Å². The predicted octanol–water partition coefficient (Wildman–Crippen LogP) is 4.84. The van der Waals surface area contributed by atoms with E-state index in [2.05, 4.69) is 15.5 Å². The van der Waals surface area contributed by atoms with Crippen molar-refractivity contribution in [3.05, 3.63) is 59.0 Å². The molecule has 3 rings (SSSR count). The molecule has 0 aliphatic rings. The second kappa shape index (κ2) is 10.4. The molecule has 156 valence electrons. The quantitative estimate of drug-likeness (QED) is 0.300. The third-order valence-electron chi connectivity index (χ3n) is 3.99. The molecule has 1 N–H and O–H groups in total. The molecule has 0 radical (unpaired) electrons. The summed E-state index contributed by atoms with van der Waals surface area (Å²) in [6, 6.07) is 15.1. The lowest BCUT2D eigenvalue weighted by molar-refractivity contribution is 0.0607. The van der Waals surface area contributed by atoms with E-state index >= 15 is 0 Å². The number of hydrogen-bond donors (Lipinski definition) is 1. The molecule has 3 aromatic rings. The van der Waals surface area contributed by atoms with Gasteiger partial charge in [0.1, 0.15) is 4.88 Å². The minimum Gasteiger partial charge on any atom is -0.490 e. The smallest absolute Gasteiger partial charge is 0.350 e. The Bertz CT molecular complexity index is 1020. The summed E-state index contributed by atoms with van der Waals surface area (Å²) in [4.78, 5) is 17.1. The van der Waals surface area contributed by atoms with Crippen molar-refractivity contribution in [3.8, 4) is 22.8 Å². The zero-order valence-electron chi connectivity index (χ0n) is 17.0. The fraction of sp³-hybridized carbons (Fsp3) is 0.227. The van der Waals surface area contributed by atoms with Crippen LogP contribution in [0.1, 0.15) is 29.1 Å². The van der Waals surface area contributed by atoms with Crippen LogP contribution in [0.5, 0.6) is 11.5 Å². The Morgan fingerprint density at radius 3 is 2.53 bits per heavy atom. The summed E-state index contributed by atoms with van der Waals surface area (Å²) in [5, 5.41) is 4.73. The van der Waals surface area contributed by atoms with Gasteiger partial charge in [0, 0.05) is 5.56 Å². The number of carbonyl (C=O) groups excluding carboxylic acids is 1. The van der Waals surface area contributed by atoms with Crippen LogP contribution in [-0.2, 0) is 4.74 Å². The first-order valence-electron chi connectivity index (χ1n) is 9.49. The average molecular weight is 426 g/mol. The van der Waals surface area contributed by atoms with Gasteiger partial charge in [0.25, 0.3) is 0 Å². The zero-order valence-corrected chi connectivity index (χ0v) is 17.9. The Labute approximate surface area is 179 Å². The van der Waals surface area contributed by atoms with Crippen molar-refractivity contribution >= 4 is 28.7 Å². The summed E-state index contributed by atoms with van der Waals surface area (Å²) < 4.78 is 16.1. The molecule has 0 fully saturated rings. The predicted molar refractivity (Wildman–Crippen MR) is 119 cm³/mol. The standard InChI is InChI=1S/C22H23N3O4S/c1-4-28-17-12-11-15(13-18(17)29-5-2)14-23-25-22-24-19(16-9-7-6-8-10-16)20(30-22)21(26)27-3/h6-14H,4-5H2,1-3H3,(H,24,25)/b23-14-. The van der Waals surface area contributed by atoms with E-state index in [9.17, 15) is 4.79 Å². The van der Waals surface area contributed by atoms with Crippen LogP contribution in [0.25, 0.3) is 11.3 Å². The summed E-state index contributed by atoms with van der Waals surface area (Å²) in [6.45, 7) is 4.95. The van der Waals surface area contributed by atoms with Crippen LogP contribution in [0.4, 0.5) is 5.13 Å². The minimum atomic E-state index is -0.434. The molecule has 2 aromatic carbocycles. The summed E-state index contributed by atoms with van der Waals surface area (Å²) in [5.74, 6) is 0.924. The third kappa shape index (κ3) is 5.15. The number of rotatable bonds is 9. The number of benzene rings is 2. The highest BCUT2D eigenvalue weighted by Crippen LogP contribution is 2.32. The molecule has 0 atom stereocenters. The van der Waals surface area contributed by atoms with E-state index in [0.29, 0.717) is 40.4 Å². The molecule has 7 nitrogen and oxygen atoms in total. The molecule has 0 bridgehead atoms. The van der Waals surface area contributed by atoms with Crippen molar-refractivity contribution in [2.24, 2.45) is 5.10 Å². The van der Waals surface area contributed by atoms with Gasteiger partial charge < -0.3 is 14.2 Å². The highest BCUT2D eigenvalue weighted by molar-refractivity contribution is 7.17. The maximum absolute atomic E-state index is 12.2. The highest BCUT2D eigenvalue weighted by atomic mass is 32.1. The maximum Gasteiger partial charge on any atom is 0.350 e. The molecule has 1 aromatic heterocycles. The number of anilines is 1. The lowest BCUT2D eigenvalue weighted by Crippen LogP contribution is -2.00. The topological polar surface area (TPSA) is 82.0 Å². The fourth-order valence-corrected chi connectivity index (χ4v) is 3.56. The lowest BCUT2D eigenvalue weighted by Gasteiger charge is -2.11. The molecule has 0 aliphatic carbocycles. The van der Waals surface area contributed by atoms with Crippen molar-refractivity contribution in [1.29, 1.82) is 0 Å². The number of nitrogens with one attached hydrogen (secondary N) is 1. The Balaban J connectivity index is 1.80. The molecule has 30 heavy (non-hydrogen) atoms. The Hall–Kier alpha value is -3.39. The number of methoxy groups -OCH3 is 1. The van der Waals surface area contributed by atoms with Crippen LogP contribution in [0.15, 0.2) is 53.6 Å². The van der Waals surface area contributed by atoms with Crippen LogP contribution in [0, 0.1) is 0 Å². The van der Waals surface area contributed by atoms with E-state index in [0.717, 1.165) is 11.1 Å². The van der Waals surface area contributed by atoms with Crippen molar-refractivity contribution in [2.45, 2.75) is 13.8 Å². The van der Waals surface area contributed by atoms with Gasteiger partial charge in [-0.15, -0.1) is 0 Å². The van der Waals surface area contributed by atoms with E-state index in [1.54, 1.807) is 6.21 Å². The Morgan fingerprint density at radius 2 is 1.83 bits per heavy atom. The zero-order chi connectivity index (χ0) is 21.3. The molecular formula is C22H23N3O4S. The Morgan fingerprint density at radius 1 is 1.10 bits per heavy atom. The summed E-state index contributed by atoms with van der Waals surface area (Å²) >= 11 is 1.19. The molecule has 0 aliphatic heterocycles. The molecule has 0 saturated heterocycles. The van der Waals surface area contributed by atoms with Crippen molar-refractivity contribution in [3.63, 3.8) is 0 Å². The van der Waals surface area contributed by atoms with Crippen molar-refractivity contribution < 1.29 is 19.0 Å². The van der Waals surface area contributed by atoms with Crippen LogP contribution in [-0.4, -0.2) is 37.5 Å². The number of hydrazone groups is 1. The summed E-state index contributed by atoms with van der Waals surface area (Å²) in [7, 11) is 1.35. The number of nitrogens with zero attached hydrogens (tertiary/aromatic N) is 2. The first-order valence-corrected chi connectivity index (χ1v) is 10.3. The number of ether oxygens (including phenoxy) is 3. The van der Waals surface area contributed by atoms with Gasteiger partial charge in [-0.1, -0.05) is 41.7 Å². The molecule has 0 amide bonds.